The van der Waals surface area contributed by atoms with Gasteiger partial charge >= 0.3 is 5.97 Å². The summed E-state index contributed by atoms with van der Waals surface area (Å²) in [5, 5.41) is 3.67. The first-order chi connectivity index (χ1) is 13.8. The lowest BCUT2D eigenvalue weighted by atomic mass is 10.2. The summed E-state index contributed by atoms with van der Waals surface area (Å²) >= 11 is 13.6. The van der Waals surface area contributed by atoms with Crippen molar-refractivity contribution >= 4 is 68.1 Å². The monoisotopic (exact) mass is 452 g/mol. The number of primary amides is 1. The number of hydrogen-bond donors (Lipinski definition) is 2. The highest BCUT2D eigenvalue weighted by Gasteiger charge is 2.22. The lowest BCUT2D eigenvalue weighted by molar-refractivity contribution is -0.119. The summed E-state index contributed by atoms with van der Waals surface area (Å²) in [6.45, 7) is -0.516. The molecule has 1 heterocycles. The van der Waals surface area contributed by atoms with Crippen LogP contribution in [0.4, 0.5) is 5.69 Å². The van der Waals surface area contributed by atoms with Crippen LogP contribution in [0.15, 0.2) is 36.4 Å². The van der Waals surface area contributed by atoms with E-state index in [9.17, 15) is 14.4 Å². The minimum Gasteiger partial charge on any atom is -0.495 e. The second-order valence-electron chi connectivity index (χ2n) is 5.77. The second-order valence-corrected chi connectivity index (χ2v) is 7.55. The van der Waals surface area contributed by atoms with E-state index in [2.05, 4.69) is 5.32 Å². The summed E-state index contributed by atoms with van der Waals surface area (Å²) in [5.41, 5.74) is 5.89. The molecule has 2 aromatic carbocycles. The summed E-state index contributed by atoms with van der Waals surface area (Å²) in [6, 6.07) is 9.31. The lowest BCUT2D eigenvalue weighted by Gasteiger charge is -2.06. The highest BCUT2D eigenvalue weighted by atomic mass is 35.5. The van der Waals surface area contributed by atoms with Crippen LogP contribution in [0, 0.1) is 0 Å². The molecule has 10 heteroatoms. The largest absolute Gasteiger partial charge is 0.495 e. The van der Waals surface area contributed by atoms with Crippen LogP contribution in [0.2, 0.25) is 10.0 Å². The average molecular weight is 453 g/mol. The Morgan fingerprint density at radius 1 is 1.07 bits per heavy atom. The highest BCUT2D eigenvalue weighted by molar-refractivity contribution is 7.22. The normalized spacial score (nSPS) is 10.6. The zero-order valence-corrected chi connectivity index (χ0v) is 17.3. The Morgan fingerprint density at radius 2 is 1.76 bits per heavy atom. The third-order valence-electron chi connectivity index (χ3n) is 3.89. The molecule has 0 saturated heterocycles. The Labute approximate surface area is 179 Å². The lowest BCUT2D eigenvalue weighted by Crippen LogP contribution is -2.20. The van der Waals surface area contributed by atoms with Crippen LogP contribution in [-0.2, 0) is 9.53 Å². The van der Waals surface area contributed by atoms with Crippen LogP contribution in [0.25, 0.3) is 10.1 Å². The minimum atomic E-state index is -0.745. The molecule has 0 saturated carbocycles. The Balaban J connectivity index is 1.67. The van der Waals surface area contributed by atoms with E-state index in [4.69, 9.17) is 38.4 Å². The predicted molar refractivity (Wildman–Crippen MR) is 112 cm³/mol. The minimum absolute atomic E-state index is 0.135. The number of fused-ring (bicyclic) bond motifs is 1. The molecule has 3 rings (SSSR count). The number of rotatable bonds is 6. The number of carbonyl (C=O) groups excluding carboxylic acids is 3. The molecule has 7 nitrogen and oxygen atoms in total. The van der Waals surface area contributed by atoms with E-state index < -0.39 is 24.4 Å². The molecule has 0 bridgehead atoms. The number of hydrogen-bond acceptors (Lipinski definition) is 6. The van der Waals surface area contributed by atoms with Gasteiger partial charge in [0.25, 0.3) is 5.91 Å². The summed E-state index contributed by atoms with van der Waals surface area (Å²) in [4.78, 5) is 35.6. The topological polar surface area (TPSA) is 108 Å². The van der Waals surface area contributed by atoms with Gasteiger partial charge in [0.2, 0.25) is 5.91 Å². The first kappa shape index (κ1) is 20.9. The molecule has 0 aliphatic heterocycles. The number of thiophene rings is 1. The molecule has 0 aliphatic rings. The van der Waals surface area contributed by atoms with Crippen molar-refractivity contribution in [3.63, 3.8) is 0 Å². The van der Waals surface area contributed by atoms with Gasteiger partial charge in [-0.15, -0.1) is 11.3 Å². The molecule has 29 heavy (non-hydrogen) atoms. The van der Waals surface area contributed by atoms with E-state index in [0.29, 0.717) is 32.1 Å². The van der Waals surface area contributed by atoms with Crippen LogP contribution < -0.4 is 15.8 Å². The molecule has 0 unspecified atom stereocenters. The molecule has 0 radical (unpaired) electrons. The smallest absolute Gasteiger partial charge is 0.350 e. The zero-order valence-electron chi connectivity index (χ0n) is 15.0. The molecule has 2 amide bonds. The van der Waals surface area contributed by atoms with Crippen LogP contribution in [0.3, 0.4) is 0 Å². The Bertz CT molecular complexity index is 1110. The van der Waals surface area contributed by atoms with Crippen molar-refractivity contribution in [2.24, 2.45) is 5.73 Å². The fraction of sp³-hybridized carbons (Fsp3) is 0.105. The average Bonchev–Trinajstić information content (AvgIpc) is 3.04. The molecule has 0 atom stereocenters. The number of benzene rings is 2. The number of carbonyl (C=O) groups is 3. The number of amides is 2. The van der Waals surface area contributed by atoms with Crippen LogP contribution in [0.5, 0.6) is 5.75 Å². The number of esters is 1. The van der Waals surface area contributed by atoms with Crippen molar-refractivity contribution in [2.45, 2.75) is 0 Å². The fourth-order valence-corrected chi connectivity index (χ4v) is 4.26. The number of anilines is 1. The summed E-state index contributed by atoms with van der Waals surface area (Å²) in [6.07, 6.45) is 0. The number of nitrogens with two attached hydrogens (primary N) is 1. The standard InChI is InChI=1S/C19H14Cl2N2O5S/c1-27-12-7-6-11-14(20)17(29-16(11)15(12)21)19(26)28-8-13(24)23-10-4-2-9(3-5-10)18(22)25/h2-7H,8H2,1H3,(H2,22,25)(H,23,24). The molecule has 0 spiro atoms. The van der Waals surface area contributed by atoms with Crippen molar-refractivity contribution < 1.29 is 23.9 Å². The van der Waals surface area contributed by atoms with Crippen molar-refractivity contribution in [1.82, 2.24) is 0 Å². The third kappa shape index (κ3) is 4.45. The number of methoxy groups -OCH3 is 1. The van der Waals surface area contributed by atoms with Gasteiger partial charge in [-0.1, -0.05) is 23.2 Å². The van der Waals surface area contributed by atoms with Gasteiger partial charge in [-0.05, 0) is 36.4 Å². The van der Waals surface area contributed by atoms with Crippen molar-refractivity contribution in [3.8, 4) is 5.75 Å². The van der Waals surface area contributed by atoms with Gasteiger partial charge in [0.1, 0.15) is 15.6 Å². The van der Waals surface area contributed by atoms with Crippen molar-refractivity contribution in [1.29, 1.82) is 0 Å². The van der Waals surface area contributed by atoms with E-state index in [1.807, 2.05) is 0 Å². The van der Waals surface area contributed by atoms with E-state index in [1.165, 1.54) is 31.4 Å². The molecule has 1 aromatic heterocycles. The first-order valence-corrected chi connectivity index (χ1v) is 9.70. The quantitative estimate of drug-likeness (QED) is 0.547. The van der Waals surface area contributed by atoms with Crippen molar-refractivity contribution in [3.05, 3.63) is 56.9 Å². The van der Waals surface area contributed by atoms with Gasteiger partial charge in [-0.25, -0.2) is 4.79 Å². The van der Waals surface area contributed by atoms with E-state index in [1.54, 1.807) is 12.1 Å². The molecule has 0 fully saturated rings. The van der Waals surface area contributed by atoms with Gasteiger partial charge in [-0.3, -0.25) is 9.59 Å². The highest BCUT2D eigenvalue weighted by Crippen LogP contribution is 2.43. The van der Waals surface area contributed by atoms with Gasteiger partial charge < -0.3 is 20.5 Å². The van der Waals surface area contributed by atoms with E-state index >= 15 is 0 Å². The van der Waals surface area contributed by atoms with Gasteiger partial charge in [0.15, 0.2) is 6.61 Å². The molecular weight excluding hydrogens is 439 g/mol. The predicted octanol–water partition coefficient (Wildman–Crippen LogP) is 4.11. The molecule has 0 aliphatic carbocycles. The third-order valence-corrected chi connectivity index (χ3v) is 6.09. The second kappa shape index (κ2) is 8.69. The number of ether oxygens (including phenoxy) is 2. The van der Waals surface area contributed by atoms with Crippen LogP contribution >= 0.6 is 34.5 Å². The number of halogens is 2. The first-order valence-electron chi connectivity index (χ1n) is 8.13. The molecule has 150 valence electrons. The van der Waals surface area contributed by atoms with E-state index in [0.717, 1.165) is 11.3 Å². The SMILES string of the molecule is COc1ccc2c(Cl)c(C(=O)OCC(=O)Nc3ccc(C(N)=O)cc3)sc2c1Cl. The molecule has 3 aromatic rings. The maximum absolute atomic E-state index is 12.4. The zero-order chi connectivity index (χ0) is 21.1. The fourth-order valence-electron chi connectivity index (χ4n) is 2.48. The maximum atomic E-state index is 12.4. The summed E-state index contributed by atoms with van der Waals surface area (Å²) < 4.78 is 10.8. The Morgan fingerprint density at radius 3 is 2.38 bits per heavy atom. The molecule has 3 N–H and O–H groups in total. The molecular formula is C19H14Cl2N2O5S. The summed E-state index contributed by atoms with van der Waals surface area (Å²) in [7, 11) is 1.48. The van der Waals surface area contributed by atoms with Gasteiger partial charge in [0.05, 0.1) is 16.8 Å². The Kier molecular flexibility index (Phi) is 6.26. The van der Waals surface area contributed by atoms with Gasteiger partial charge in [0, 0.05) is 16.6 Å². The van der Waals surface area contributed by atoms with Gasteiger partial charge in [-0.2, -0.15) is 0 Å². The van der Waals surface area contributed by atoms with Crippen LogP contribution in [-0.4, -0.2) is 31.5 Å². The Hall–Kier alpha value is -2.81. The number of nitrogens with one attached hydrogen (secondary N) is 1. The van der Waals surface area contributed by atoms with Crippen LogP contribution in [0.1, 0.15) is 20.0 Å². The summed E-state index contributed by atoms with van der Waals surface area (Å²) in [5.74, 6) is -1.42. The van der Waals surface area contributed by atoms with Crippen molar-refractivity contribution in [2.75, 3.05) is 19.0 Å². The maximum Gasteiger partial charge on any atom is 0.350 e. The van der Waals surface area contributed by atoms with E-state index in [-0.39, 0.29) is 9.90 Å².